The van der Waals surface area contributed by atoms with Crippen molar-refractivity contribution in [2.45, 2.75) is 11.9 Å². The van der Waals surface area contributed by atoms with E-state index in [-0.39, 0.29) is 4.73 Å². The van der Waals surface area contributed by atoms with E-state index < -0.39 is 11.9 Å². The zero-order valence-corrected chi connectivity index (χ0v) is 8.15. The van der Waals surface area contributed by atoms with Crippen LogP contribution < -0.4 is 4.73 Å². The summed E-state index contributed by atoms with van der Waals surface area (Å²) in [4.78, 5) is 0. The maximum absolute atomic E-state index is 12.1. The van der Waals surface area contributed by atoms with Crippen LogP contribution in [0.1, 0.15) is 11.3 Å². The third-order valence-corrected chi connectivity index (χ3v) is 2.20. The summed E-state index contributed by atoms with van der Waals surface area (Å²) < 4.78 is 36.3. The topological polar surface area (TPSA) is 26.9 Å². The lowest BCUT2D eigenvalue weighted by atomic mass is 10.2. The second kappa shape index (κ2) is 4.08. The van der Waals surface area contributed by atoms with Gasteiger partial charge >= 0.3 is 6.18 Å². The monoisotopic (exact) mass is 223 g/mol. The number of alkyl halides is 3. The quantitative estimate of drug-likeness (QED) is 0.567. The molecule has 0 radical (unpaired) electrons. The molecule has 0 amide bonds. The molecule has 0 saturated carbocycles. The zero-order valence-electron chi connectivity index (χ0n) is 7.34. The van der Waals surface area contributed by atoms with Crippen LogP contribution in [0.5, 0.6) is 0 Å². The highest BCUT2D eigenvalue weighted by atomic mass is 32.2. The number of thioether (sulfide) groups is 1. The average molecular weight is 223 g/mol. The molecule has 1 rings (SSSR count). The van der Waals surface area contributed by atoms with E-state index in [1.807, 2.05) is 6.26 Å². The average Bonchev–Trinajstić information content (AvgIpc) is 2.02. The van der Waals surface area contributed by atoms with Crippen molar-refractivity contribution in [2.24, 2.45) is 0 Å². The Labute approximate surface area is 83.3 Å². The van der Waals surface area contributed by atoms with Gasteiger partial charge in [-0.3, -0.25) is 0 Å². The molecule has 0 spiro atoms. The van der Waals surface area contributed by atoms with Crippen LogP contribution in [-0.2, 0) is 11.9 Å². The summed E-state index contributed by atoms with van der Waals surface area (Å²) >= 11 is 1.44. The van der Waals surface area contributed by atoms with E-state index in [1.54, 1.807) is 0 Å². The van der Waals surface area contributed by atoms with Crippen LogP contribution in [0.2, 0.25) is 0 Å². The number of nitrogens with zero attached hydrogens (tertiary/aromatic N) is 1. The highest BCUT2D eigenvalue weighted by Gasteiger charge is 2.39. The second-order valence-corrected chi connectivity index (χ2v) is 3.55. The molecule has 1 aromatic rings. The molecule has 1 aromatic heterocycles. The lowest BCUT2D eigenvalue weighted by Gasteiger charge is -2.08. The molecule has 2 nitrogen and oxygen atoms in total. The Bertz CT molecular complexity index is 327. The van der Waals surface area contributed by atoms with Gasteiger partial charge in [0.2, 0.25) is 0 Å². The van der Waals surface area contributed by atoms with Gasteiger partial charge in [0.15, 0.2) is 6.20 Å². The molecule has 0 aliphatic carbocycles. The third-order valence-electron chi connectivity index (χ3n) is 1.58. The summed E-state index contributed by atoms with van der Waals surface area (Å²) in [6.45, 7) is 0. The van der Waals surface area contributed by atoms with Gasteiger partial charge in [-0.1, -0.05) is 0 Å². The van der Waals surface area contributed by atoms with Gasteiger partial charge in [-0.2, -0.15) is 29.7 Å². The summed E-state index contributed by atoms with van der Waals surface area (Å²) in [6.07, 6.45) is -1.81. The van der Waals surface area contributed by atoms with Crippen molar-refractivity contribution in [1.29, 1.82) is 0 Å². The molecule has 0 saturated heterocycles. The Balaban J connectivity index is 3.02. The van der Waals surface area contributed by atoms with Crippen molar-refractivity contribution < 1.29 is 17.9 Å². The molecule has 14 heavy (non-hydrogen) atoms. The smallest absolute Gasteiger partial charge is 0.478 e. The lowest BCUT2D eigenvalue weighted by Crippen LogP contribution is -2.36. The van der Waals surface area contributed by atoms with Crippen LogP contribution in [-0.4, -0.2) is 6.26 Å². The summed E-state index contributed by atoms with van der Waals surface area (Å²) in [7, 11) is 0. The Morgan fingerprint density at radius 3 is 2.50 bits per heavy atom. The molecule has 6 heteroatoms. The van der Waals surface area contributed by atoms with Gasteiger partial charge in [0.05, 0.1) is 0 Å². The lowest BCUT2D eigenvalue weighted by molar-refractivity contribution is -0.629. The molecule has 0 aliphatic heterocycles. The number of aromatic nitrogens is 1. The normalized spacial score (nSPS) is 11.7. The first kappa shape index (κ1) is 11.2. The number of rotatable bonds is 2. The SMILES string of the molecule is CSCc1ccc(C(F)(F)F)[n+]([O-])c1. The molecule has 0 atom stereocenters. The highest BCUT2D eigenvalue weighted by Crippen LogP contribution is 2.26. The second-order valence-electron chi connectivity index (χ2n) is 2.68. The van der Waals surface area contributed by atoms with E-state index >= 15 is 0 Å². The standard InChI is InChI=1S/C8H8F3NOS/c1-14-5-6-2-3-7(8(9,10)11)12(13)4-6/h2-4H,5H2,1H3. The Morgan fingerprint density at radius 1 is 1.43 bits per heavy atom. The first-order chi connectivity index (χ1) is 6.45. The van der Waals surface area contributed by atoms with E-state index in [2.05, 4.69) is 0 Å². The molecule has 0 unspecified atom stereocenters. The first-order valence-electron chi connectivity index (χ1n) is 3.73. The third kappa shape index (κ3) is 2.54. The van der Waals surface area contributed by atoms with Gasteiger partial charge in [0.25, 0.3) is 5.69 Å². The predicted octanol–water partition coefficient (Wildman–Crippen LogP) is 2.20. The maximum Gasteiger partial charge on any atom is 0.478 e. The van der Waals surface area contributed by atoms with Crippen molar-refractivity contribution in [3.63, 3.8) is 0 Å². The number of hydrogen-bond donors (Lipinski definition) is 0. The predicted molar refractivity (Wildman–Crippen MR) is 47.6 cm³/mol. The largest absolute Gasteiger partial charge is 0.618 e. The number of hydrogen-bond acceptors (Lipinski definition) is 2. The van der Waals surface area contributed by atoms with E-state index in [0.717, 1.165) is 12.3 Å². The fourth-order valence-electron chi connectivity index (χ4n) is 0.994. The minimum absolute atomic E-state index is 0.133. The van der Waals surface area contributed by atoms with E-state index in [1.165, 1.54) is 17.8 Å². The molecule has 0 N–H and O–H groups in total. The Kier molecular flexibility index (Phi) is 3.25. The van der Waals surface area contributed by atoms with Gasteiger partial charge in [0.1, 0.15) is 0 Å². The van der Waals surface area contributed by atoms with Crippen molar-refractivity contribution in [3.8, 4) is 0 Å². The molecular weight excluding hydrogens is 215 g/mol. The van der Waals surface area contributed by atoms with Gasteiger partial charge in [-0.25, -0.2) is 0 Å². The minimum Gasteiger partial charge on any atom is -0.618 e. The van der Waals surface area contributed by atoms with Gasteiger partial charge in [0, 0.05) is 17.4 Å². The summed E-state index contributed by atoms with van der Waals surface area (Å²) in [5.74, 6) is 0.528. The zero-order chi connectivity index (χ0) is 10.8. The van der Waals surface area contributed by atoms with Crippen molar-refractivity contribution in [2.75, 3.05) is 6.26 Å². The molecule has 0 fully saturated rings. The van der Waals surface area contributed by atoms with Gasteiger partial charge < -0.3 is 5.21 Å². The van der Waals surface area contributed by atoms with Gasteiger partial charge in [-0.05, 0) is 12.3 Å². The summed E-state index contributed by atoms with van der Waals surface area (Å²) in [5.41, 5.74) is -0.595. The van der Waals surface area contributed by atoms with Crippen LogP contribution in [0, 0.1) is 5.21 Å². The molecule has 0 aliphatic rings. The Hall–Kier alpha value is -0.910. The summed E-state index contributed by atoms with van der Waals surface area (Å²) in [5, 5.41) is 10.9. The van der Waals surface area contributed by atoms with Crippen molar-refractivity contribution in [1.82, 2.24) is 0 Å². The molecule has 1 heterocycles. The molecule has 78 valence electrons. The molecule has 0 aromatic carbocycles. The maximum atomic E-state index is 12.1. The molecule has 0 bridgehead atoms. The van der Waals surface area contributed by atoms with Crippen molar-refractivity contribution in [3.05, 3.63) is 34.8 Å². The summed E-state index contributed by atoms with van der Waals surface area (Å²) in [6, 6.07) is 2.12. The van der Waals surface area contributed by atoms with Crippen molar-refractivity contribution >= 4 is 11.8 Å². The fourth-order valence-corrected chi connectivity index (χ4v) is 1.50. The number of pyridine rings is 1. The van der Waals surface area contributed by atoms with E-state index in [9.17, 15) is 18.4 Å². The van der Waals surface area contributed by atoms with Gasteiger partial charge in [-0.15, -0.1) is 0 Å². The van der Waals surface area contributed by atoms with E-state index in [4.69, 9.17) is 0 Å². The fraction of sp³-hybridized carbons (Fsp3) is 0.375. The van der Waals surface area contributed by atoms with Crippen LogP contribution in [0.25, 0.3) is 0 Å². The van der Waals surface area contributed by atoms with Crippen LogP contribution in [0.15, 0.2) is 18.3 Å². The van der Waals surface area contributed by atoms with Crippen LogP contribution >= 0.6 is 11.8 Å². The van der Waals surface area contributed by atoms with Crippen LogP contribution in [0.4, 0.5) is 13.2 Å². The van der Waals surface area contributed by atoms with E-state index in [0.29, 0.717) is 11.3 Å². The minimum atomic E-state index is -4.58. The Morgan fingerprint density at radius 2 is 2.07 bits per heavy atom. The number of halogens is 3. The highest BCUT2D eigenvalue weighted by molar-refractivity contribution is 7.97. The van der Waals surface area contributed by atoms with Crippen LogP contribution in [0.3, 0.4) is 0 Å². The first-order valence-corrected chi connectivity index (χ1v) is 5.13. The molecular formula is C8H8F3NOS.